The van der Waals surface area contributed by atoms with E-state index >= 15 is 0 Å². The van der Waals surface area contributed by atoms with Crippen molar-refractivity contribution in [3.05, 3.63) is 71.9 Å². The van der Waals surface area contributed by atoms with Gasteiger partial charge in [0.1, 0.15) is 13.2 Å². The fraction of sp³-hybridized carbons (Fsp3) is 0.286. The number of fused-ring (bicyclic) bond motifs is 1. The van der Waals surface area contributed by atoms with Crippen molar-refractivity contribution in [2.24, 2.45) is 0 Å². The van der Waals surface area contributed by atoms with Crippen molar-refractivity contribution in [1.29, 1.82) is 0 Å². The summed E-state index contributed by atoms with van der Waals surface area (Å²) in [6, 6.07) is 15.9. The van der Waals surface area contributed by atoms with E-state index in [4.69, 9.17) is 9.47 Å². The Bertz CT molecular complexity index is 785. The van der Waals surface area contributed by atoms with E-state index in [1.54, 1.807) is 24.3 Å². The molecule has 1 unspecified atom stereocenters. The molecule has 2 aromatic carbocycles. The van der Waals surface area contributed by atoms with E-state index in [1.807, 2.05) is 12.3 Å². The number of benzene rings is 2. The molecule has 4 heteroatoms. The molecule has 0 aliphatic carbocycles. The van der Waals surface area contributed by atoms with E-state index < -0.39 is 0 Å². The van der Waals surface area contributed by atoms with Crippen LogP contribution in [-0.4, -0.2) is 37.0 Å². The van der Waals surface area contributed by atoms with Gasteiger partial charge in [-0.1, -0.05) is 30.3 Å². The van der Waals surface area contributed by atoms with Crippen LogP contribution in [0.5, 0.6) is 11.5 Å². The summed E-state index contributed by atoms with van der Waals surface area (Å²) < 4.78 is 11.0. The molecule has 0 amide bonds. The van der Waals surface area contributed by atoms with Gasteiger partial charge >= 0.3 is 0 Å². The standard InChI is InChI=1S/C21H21NO3/c23-19(17-6-7-20-21(14-17)25-13-12-24-20)9-11-22-10-8-18(15-22)16-4-2-1-3-5-16/h1-7,9,11,14,18H,8,10,12-13,15H2/b11-9+. The predicted molar refractivity (Wildman–Crippen MR) is 96.3 cm³/mol. The molecule has 1 atom stereocenters. The van der Waals surface area contributed by atoms with Gasteiger partial charge in [0, 0.05) is 36.8 Å². The number of likely N-dealkylation sites (tertiary alicyclic amines) is 1. The molecule has 0 saturated carbocycles. The summed E-state index contributed by atoms with van der Waals surface area (Å²) in [5, 5.41) is 0. The number of rotatable bonds is 4. The van der Waals surface area contributed by atoms with Crippen LogP contribution in [0.15, 0.2) is 60.8 Å². The van der Waals surface area contributed by atoms with Crippen LogP contribution >= 0.6 is 0 Å². The summed E-state index contributed by atoms with van der Waals surface area (Å²) in [6.45, 7) is 3.01. The number of carbonyl (C=O) groups excluding carboxylic acids is 1. The van der Waals surface area contributed by atoms with E-state index in [2.05, 4.69) is 29.2 Å². The zero-order chi connectivity index (χ0) is 17.1. The van der Waals surface area contributed by atoms with Gasteiger partial charge < -0.3 is 14.4 Å². The summed E-state index contributed by atoms with van der Waals surface area (Å²) in [5.74, 6) is 1.88. The molecule has 0 radical (unpaired) electrons. The molecular weight excluding hydrogens is 314 g/mol. The first kappa shape index (κ1) is 15.8. The van der Waals surface area contributed by atoms with Crippen molar-refractivity contribution >= 4 is 5.78 Å². The van der Waals surface area contributed by atoms with Gasteiger partial charge in [0.05, 0.1) is 0 Å². The second-order valence-corrected chi connectivity index (χ2v) is 6.43. The molecule has 4 nitrogen and oxygen atoms in total. The monoisotopic (exact) mass is 335 g/mol. The van der Waals surface area contributed by atoms with Gasteiger partial charge in [0.15, 0.2) is 17.3 Å². The molecular formula is C21H21NO3. The van der Waals surface area contributed by atoms with Crippen LogP contribution in [0.3, 0.4) is 0 Å². The molecule has 0 spiro atoms. The average molecular weight is 335 g/mol. The summed E-state index contributed by atoms with van der Waals surface area (Å²) >= 11 is 0. The van der Waals surface area contributed by atoms with Gasteiger partial charge in [0.2, 0.25) is 0 Å². The molecule has 0 aromatic heterocycles. The van der Waals surface area contributed by atoms with Gasteiger partial charge in [-0.3, -0.25) is 4.79 Å². The minimum absolute atomic E-state index is 0.0138. The van der Waals surface area contributed by atoms with Gasteiger partial charge in [0.25, 0.3) is 0 Å². The van der Waals surface area contributed by atoms with E-state index in [0.29, 0.717) is 36.2 Å². The highest BCUT2D eigenvalue weighted by Gasteiger charge is 2.21. The molecule has 2 heterocycles. The Balaban J connectivity index is 1.39. The lowest BCUT2D eigenvalue weighted by Crippen LogP contribution is -2.16. The number of ketones is 1. The first-order chi connectivity index (χ1) is 12.3. The van der Waals surface area contributed by atoms with Gasteiger partial charge in [-0.25, -0.2) is 0 Å². The van der Waals surface area contributed by atoms with Crippen LogP contribution in [-0.2, 0) is 0 Å². The molecule has 2 aliphatic heterocycles. The van der Waals surface area contributed by atoms with Crippen LogP contribution in [0.1, 0.15) is 28.3 Å². The summed E-state index contributed by atoms with van der Waals surface area (Å²) in [4.78, 5) is 14.6. The third-order valence-corrected chi connectivity index (χ3v) is 4.75. The van der Waals surface area contributed by atoms with Crippen molar-refractivity contribution in [1.82, 2.24) is 4.90 Å². The molecule has 0 N–H and O–H groups in total. The van der Waals surface area contributed by atoms with Crippen LogP contribution in [0, 0.1) is 0 Å². The molecule has 1 saturated heterocycles. The Hall–Kier alpha value is -2.75. The largest absolute Gasteiger partial charge is 0.486 e. The van der Waals surface area contributed by atoms with E-state index in [-0.39, 0.29) is 5.78 Å². The second-order valence-electron chi connectivity index (χ2n) is 6.43. The highest BCUT2D eigenvalue weighted by atomic mass is 16.6. The highest BCUT2D eigenvalue weighted by molar-refractivity contribution is 6.04. The predicted octanol–water partition coefficient (Wildman–Crippen LogP) is 3.64. The van der Waals surface area contributed by atoms with Crippen LogP contribution < -0.4 is 9.47 Å². The zero-order valence-electron chi connectivity index (χ0n) is 14.1. The SMILES string of the molecule is O=C(/C=C/N1CCC(c2ccccc2)C1)c1ccc2c(c1)OCCO2. The Kier molecular flexibility index (Phi) is 4.42. The molecule has 1 fully saturated rings. The maximum absolute atomic E-state index is 12.4. The van der Waals surface area contributed by atoms with Crippen LogP contribution in [0.4, 0.5) is 0 Å². The van der Waals surface area contributed by atoms with Crippen molar-refractivity contribution in [3.63, 3.8) is 0 Å². The van der Waals surface area contributed by atoms with Crippen molar-refractivity contribution in [2.75, 3.05) is 26.3 Å². The summed E-state index contributed by atoms with van der Waals surface area (Å²) in [7, 11) is 0. The molecule has 25 heavy (non-hydrogen) atoms. The van der Waals surface area contributed by atoms with Gasteiger partial charge in [-0.05, 0) is 30.2 Å². The second kappa shape index (κ2) is 7.01. The summed E-state index contributed by atoms with van der Waals surface area (Å²) in [6.07, 6.45) is 4.69. The van der Waals surface area contributed by atoms with Crippen molar-refractivity contribution in [3.8, 4) is 11.5 Å². The average Bonchev–Trinajstić information content (AvgIpc) is 3.15. The lowest BCUT2D eigenvalue weighted by molar-refractivity contribution is 0.104. The normalized spacial score (nSPS) is 19.4. The Morgan fingerprint density at radius 2 is 1.84 bits per heavy atom. The third kappa shape index (κ3) is 3.53. The summed E-state index contributed by atoms with van der Waals surface area (Å²) in [5.41, 5.74) is 2.00. The maximum Gasteiger partial charge on any atom is 0.187 e. The van der Waals surface area contributed by atoms with E-state index in [1.165, 1.54) is 5.56 Å². The number of nitrogens with zero attached hydrogens (tertiary/aromatic N) is 1. The fourth-order valence-electron chi connectivity index (χ4n) is 3.39. The van der Waals surface area contributed by atoms with E-state index in [9.17, 15) is 4.79 Å². The first-order valence-corrected chi connectivity index (χ1v) is 8.71. The first-order valence-electron chi connectivity index (χ1n) is 8.71. The Morgan fingerprint density at radius 1 is 1.04 bits per heavy atom. The Morgan fingerprint density at radius 3 is 2.68 bits per heavy atom. The third-order valence-electron chi connectivity index (χ3n) is 4.75. The van der Waals surface area contributed by atoms with Gasteiger partial charge in [-0.2, -0.15) is 0 Å². The number of allylic oxidation sites excluding steroid dienone is 1. The number of ether oxygens (including phenoxy) is 2. The van der Waals surface area contributed by atoms with Crippen LogP contribution in [0.2, 0.25) is 0 Å². The topological polar surface area (TPSA) is 38.8 Å². The number of carbonyl (C=O) groups is 1. The molecule has 128 valence electrons. The quantitative estimate of drug-likeness (QED) is 0.632. The van der Waals surface area contributed by atoms with Gasteiger partial charge in [-0.15, -0.1) is 0 Å². The lowest BCUT2D eigenvalue weighted by Gasteiger charge is -2.18. The lowest BCUT2D eigenvalue weighted by atomic mass is 9.99. The van der Waals surface area contributed by atoms with E-state index in [0.717, 1.165) is 19.5 Å². The van der Waals surface area contributed by atoms with Crippen molar-refractivity contribution < 1.29 is 14.3 Å². The smallest absolute Gasteiger partial charge is 0.187 e. The molecule has 0 bridgehead atoms. The van der Waals surface area contributed by atoms with Crippen LogP contribution in [0.25, 0.3) is 0 Å². The highest BCUT2D eigenvalue weighted by Crippen LogP contribution is 2.31. The molecule has 4 rings (SSSR count). The number of hydrogen-bond acceptors (Lipinski definition) is 4. The zero-order valence-corrected chi connectivity index (χ0v) is 14.1. The van der Waals surface area contributed by atoms with Crippen molar-refractivity contribution in [2.45, 2.75) is 12.3 Å². The molecule has 2 aliphatic rings. The minimum Gasteiger partial charge on any atom is -0.486 e. The fourth-order valence-corrected chi connectivity index (χ4v) is 3.39. The minimum atomic E-state index is -0.0138. The Labute approximate surface area is 147 Å². The number of hydrogen-bond donors (Lipinski definition) is 0. The molecule has 2 aromatic rings. The maximum atomic E-state index is 12.4.